The van der Waals surface area contributed by atoms with Crippen molar-refractivity contribution in [1.29, 1.82) is 0 Å². The smallest absolute Gasteiger partial charge is 0.304 e. The van der Waals surface area contributed by atoms with E-state index in [-0.39, 0.29) is 17.4 Å². The number of rotatable bonds is 7. The molecule has 0 aliphatic carbocycles. The van der Waals surface area contributed by atoms with E-state index in [1.807, 2.05) is 0 Å². The average Bonchev–Trinajstić information content (AvgIpc) is 3.62. The Morgan fingerprint density at radius 2 is 1.79 bits per heavy atom. The largest absolute Gasteiger partial charge is 0.463 e. The number of hydrogen-bond acceptors (Lipinski definition) is 6. The average molecular weight is 594 g/mol. The Bertz CT molecular complexity index is 1890. The number of H-pyrrole nitrogens is 1. The summed E-state index contributed by atoms with van der Waals surface area (Å²) in [5, 5.41) is 7.79. The quantitative estimate of drug-likeness (QED) is 0.223. The predicted octanol–water partition coefficient (Wildman–Crippen LogP) is 4.32. The molecule has 3 unspecified atom stereocenters. The van der Waals surface area contributed by atoms with Gasteiger partial charge in [0, 0.05) is 48.2 Å². The second-order valence-electron chi connectivity index (χ2n) is 10.6. The van der Waals surface area contributed by atoms with Crippen molar-refractivity contribution in [3.05, 3.63) is 108 Å². The molecule has 0 bridgehead atoms. The summed E-state index contributed by atoms with van der Waals surface area (Å²) in [5.74, 6) is -1.67. The fraction of sp³-hybridized carbons (Fsp3) is 0.233. The van der Waals surface area contributed by atoms with Crippen LogP contribution in [0.25, 0.3) is 21.9 Å². The molecule has 12 heteroatoms. The molecule has 1 saturated heterocycles. The SMILES string of the molecule is CN(C(C)(c1ccc(F)cc1)C1CNCC(c2cc3c(F)cccc3[nH]2)N1)S(=O)(=O)NC(=O)c1coc2ccccc12. The van der Waals surface area contributed by atoms with Crippen molar-refractivity contribution in [3.63, 3.8) is 0 Å². The highest BCUT2D eigenvalue weighted by Gasteiger charge is 2.47. The van der Waals surface area contributed by atoms with E-state index in [2.05, 4.69) is 20.3 Å². The van der Waals surface area contributed by atoms with E-state index in [4.69, 9.17) is 4.42 Å². The molecule has 3 heterocycles. The van der Waals surface area contributed by atoms with Gasteiger partial charge in [-0.15, -0.1) is 0 Å². The predicted molar refractivity (Wildman–Crippen MR) is 155 cm³/mol. The van der Waals surface area contributed by atoms with Crippen LogP contribution in [0.3, 0.4) is 0 Å². The lowest BCUT2D eigenvalue weighted by molar-refractivity contribution is 0.0971. The Kier molecular flexibility index (Phi) is 7.09. The summed E-state index contributed by atoms with van der Waals surface area (Å²) in [6.07, 6.45) is 1.22. The van der Waals surface area contributed by atoms with Crippen molar-refractivity contribution in [2.75, 3.05) is 20.1 Å². The molecule has 9 nitrogen and oxygen atoms in total. The monoisotopic (exact) mass is 593 g/mol. The van der Waals surface area contributed by atoms with E-state index in [0.717, 1.165) is 10.00 Å². The van der Waals surface area contributed by atoms with Gasteiger partial charge < -0.3 is 20.0 Å². The van der Waals surface area contributed by atoms with E-state index < -0.39 is 33.5 Å². The van der Waals surface area contributed by atoms with Crippen molar-refractivity contribution in [3.8, 4) is 0 Å². The highest BCUT2D eigenvalue weighted by Crippen LogP contribution is 2.36. The molecule has 1 aliphatic heterocycles. The van der Waals surface area contributed by atoms with Gasteiger partial charge in [-0.2, -0.15) is 12.7 Å². The molecule has 0 radical (unpaired) electrons. The first-order valence-corrected chi connectivity index (χ1v) is 14.8. The number of carbonyl (C=O) groups is 1. The highest BCUT2D eigenvalue weighted by molar-refractivity contribution is 7.87. The number of likely N-dealkylation sites (N-methyl/N-ethyl adjacent to an activating group) is 1. The van der Waals surface area contributed by atoms with Crippen molar-refractivity contribution < 1.29 is 26.4 Å². The fourth-order valence-electron chi connectivity index (χ4n) is 5.65. The van der Waals surface area contributed by atoms with Crippen LogP contribution in [-0.4, -0.2) is 49.8 Å². The Balaban J connectivity index is 1.34. The van der Waals surface area contributed by atoms with Crippen LogP contribution in [0.2, 0.25) is 0 Å². The standard InChI is InChI=1S/C30H29F2N5O4S/c1-30(18-10-12-19(31)13-11-18,28-16-33-15-26(35-28)25-14-21-23(32)7-5-8-24(21)34-25)37(2)42(39,40)36-29(38)22-17-41-27-9-4-3-6-20(22)27/h3-14,17,26,28,33-35H,15-16H2,1-2H3,(H,36,38). The molecule has 1 amide bonds. The summed E-state index contributed by atoms with van der Waals surface area (Å²) < 4.78 is 64.7. The second-order valence-corrected chi connectivity index (χ2v) is 12.3. The lowest BCUT2D eigenvalue weighted by Crippen LogP contribution is -2.65. The van der Waals surface area contributed by atoms with Crippen molar-refractivity contribution in [2.45, 2.75) is 24.5 Å². The number of hydrogen-bond donors (Lipinski definition) is 4. The minimum absolute atomic E-state index is 0.0784. The van der Waals surface area contributed by atoms with Crippen LogP contribution in [-0.2, 0) is 15.7 Å². The number of benzene rings is 3. The third kappa shape index (κ3) is 4.86. The molecular weight excluding hydrogens is 564 g/mol. The van der Waals surface area contributed by atoms with E-state index in [9.17, 15) is 22.0 Å². The number of fused-ring (bicyclic) bond motifs is 2. The molecule has 42 heavy (non-hydrogen) atoms. The topological polar surface area (TPSA) is 119 Å². The van der Waals surface area contributed by atoms with Crippen LogP contribution < -0.4 is 15.4 Å². The molecule has 0 spiro atoms. The Morgan fingerprint density at radius 3 is 2.55 bits per heavy atom. The van der Waals surface area contributed by atoms with E-state index in [0.29, 0.717) is 40.5 Å². The first-order valence-electron chi connectivity index (χ1n) is 13.3. The summed E-state index contributed by atoms with van der Waals surface area (Å²) in [6, 6.07) is 18.0. The molecule has 1 aliphatic rings. The van der Waals surface area contributed by atoms with Gasteiger partial charge in [0.05, 0.1) is 17.1 Å². The third-order valence-electron chi connectivity index (χ3n) is 8.18. The maximum absolute atomic E-state index is 14.4. The van der Waals surface area contributed by atoms with Crippen molar-refractivity contribution >= 4 is 38.0 Å². The van der Waals surface area contributed by atoms with E-state index in [1.54, 1.807) is 49.4 Å². The van der Waals surface area contributed by atoms with Crippen molar-refractivity contribution in [2.24, 2.45) is 0 Å². The Morgan fingerprint density at radius 1 is 1.02 bits per heavy atom. The van der Waals surface area contributed by atoms with Gasteiger partial charge in [0.2, 0.25) is 0 Å². The second kappa shape index (κ2) is 10.6. The number of amides is 1. The number of nitrogens with one attached hydrogen (secondary N) is 4. The number of aromatic amines is 1. The summed E-state index contributed by atoms with van der Waals surface area (Å²) in [5.41, 5.74) is 1.07. The van der Waals surface area contributed by atoms with Gasteiger partial charge in [-0.25, -0.2) is 13.5 Å². The van der Waals surface area contributed by atoms with Gasteiger partial charge >= 0.3 is 10.2 Å². The van der Waals surface area contributed by atoms with Crippen LogP contribution in [0.1, 0.15) is 34.6 Å². The summed E-state index contributed by atoms with van der Waals surface area (Å²) >= 11 is 0. The van der Waals surface area contributed by atoms with E-state index >= 15 is 0 Å². The number of furan rings is 1. The number of aromatic nitrogens is 1. The number of nitrogens with zero attached hydrogens (tertiary/aromatic N) is 1. The van der Waals surface area contributed by atoms with Crippen LogP contribution in [0.15, 0.2) is 83.5 Å². The zero-order valence-electron chi connectivity index (χ0n) is 22.8. The molecule has 218 valence electrons. The zero-order chi connectivity index (χ0) is 29.6. The summed E-state index contributed by atoms with van der Waals surface area (Å²) in [6.45, 7) is 2.55. The number of carbonyl (C=O) groups excluding carboxylic acids is 1. The van der Waals surface area contributed by atoms with Crippen LogP contribution in [0, 0.1) is 11.6 Å². The zero-order valence-corrected chi connectivity index (χ0v) is 23.6. The van der Waals surface area contributed by atoms with Crippen LogP contribution >= 0.6 is 0 Å². The minimum Gasteiger partial charge on any atom is -0.463 e. The molecular formula is C30H29F2N5O4S. The Hall–Kier alpha value is -4.10. The van der Waals surface area contributed by atoms with Gasteiger partial charge in [-0.3, -0.25) is 4.79 Å². The van der Waals surface area contributed by atoms with Crippen LogP contribution in [0.5, 0.6) is 0 Å². The fourth-order valence-corrected chi connectivity index (χ4v) is 6.87. The molecule has 2 aromatic heterocycles. The molecule has 5 aromatic rings. The third-order valence-corrected chi connectivity index (χ3v) is 9.72. The van der Waals surface area contributed by atoms with E-state index in [1.165, 1.54) is 43.6 Å². The van der Waals surface area contributed by atoms with Crippen LogP contribution in [0.4, 0.5) is 8.78 Å². The molecule has 3 aromatic carbocycles. The number of piperazine rings is 1. The molecule has 0 saturated carbocycles. The molecule has 3 atom stereocenters. The first kappa shape index (κ1) is 28.0. The highest BCUT2D eigenvalue weighted by atomic mass is 32.2. The summed E-state index contributed by atoms with van der Waals surface area (Å²) in [7, 11) is -3.08. The normalized spacial score (nSPS) is 19.3. The number of halogens is 2. The molecule has 1 fully saturated rings. The maximum Gasteiger partial charge on any atom is 0.304 e. The maximum atomic E-state index is 14.4. The summed E-state index contributed by atoms with van der Waals surface area (Å²) in [4.78, 5) is 16.4. The van der Waals surface area contributed by atoms with Gasteiger partial charge in [0.25, 0.3) is 5.91 Å². The van der Waals surface area contributed by atoms with Gasteiger partial charge in [0.15, 0.2) is 0 Å². The Labute approximate surface area is 241 Å². The lowest BCUT2D eigenvalue weighted by Gasteiger charge is -2.47. The molecule has 4 N–H and O–H groups in total. The van der Waals surface area contributed by atoms with Gasteiger partial charge in [0.1, 0.15) is 23.5 Å². The first-order chi connectivity index (χ1) is 20.1. The minimum atomic E-state index is -4.45. The molecule has 6 rings (SSSR count). The van der Waals surface area contributed by atoms with Gasteiger partial charge in [-0.1, -0.05) is 36.4 Å². The lowest BCUT2D eigenvalue weighted by atomic mass is 9.82. The number of para-hydroxylation sites is 1. The van der Waals surface area contributed by atoms with Crippen molar-refractivity contribution in [1.82, 2.24) is 24.6 Å². The van der Waals surface area contributed by atoms with Gasteiger partial charge in [-0.05, 0) is 48.9 Å².